The molecule has 0 aromatic carbocycles. The van der Waals surface area contributed by atoms with E-state index >= 15 is 0 Å². The maximum Gasteiger partial charge on any atom is 0.236 e. The standard InChI is InChI=1S/C21H40N4O/c1-4-19(3)23-13-15-25(16-14-23)21(26)17-22-9-7-20(8-10-22)24-11-5-18(2)6-12-24/h18-20H,4-17H2,1-3H3. The van der Waals surface area contributed by atoms with E-state index in [0.29, 0.717) is 18.5 Å². The summed E-state index contributed by atoms with van der Waals surface area (Å²) in [5.41, 5.74) is 0. The molecule has 0 saturated carbocycles. The molecule has 0 aromatic heterocycles. The molecule has 150 valence electrons. The van der Waals surface area contributed by atoms with E-state index in [1.807, 2.05) is 0 Å². The minimum absolute atomic E-state index is 0.346. The zero-order chi connectivity index (χ0) is 18.5. The Labute approximate surface area is 160 Å². The Balaban J connectivity index is 1.36. The fraction of sp³-hybridized carbons (Fsp3) is 0.952. The van der Waals surface area contributed by atoms with E-state index in [1.54, 1.807) is 0 Å². The molecule has 0 N–H and O–H groups in total. The monoisotopic (exact) mass is 364 g/mol. The summed E-state index contributed by atoms with van der Waals surface area (Å²) in [7, 11) is 0. The molecule has 3 rings (SSSR count). The number of piperazine rings is 1. The first-order chi connectivity index (χ1) is 12.6. The largest absolute Gasteiger partial charge is 0.339 e. The summed E-state index contributed by atoms with van der Waals surface area (Å²) in [5.74, 6) is 1.25. The van der Waals surface area contributed by atoms with Gasteiger partial charge in [0.05, 0.1) is 6.54 Å². The fourth-order valence-electron chi connectivity index (χ4n) is 4.80. The Bertz CT molecular complexity index is 433. The van der Waals surface area contributed by atoms with Gasteiger partial charge in [-0.3, -0.25) is 14.6 Å². The van der Waals surface area contributed by atoms with Gasteiger partial charge in [0, 0.05) is 51.4 Å². The number of likely N-dealkylation sites (tertiary alicyclic amines) is 2. The van der Waals surface area contributed by atoms with Crippen molar-refractivity contribution >= 4 is 5.91 Å². The Morgan fingerprint density at radius 2 is 1.54 bits per heavy atom. The lowest BCUT2D eigenvalue weighted by Gasteiger charge is -2.42. The molecule has 5 nitrogen and oxygen atoms in total. The Hall–Kier alpha value is -0.650. The quantitative estimate of drug-likeness (QED) is 0.748. The number of rotatable bonds is 5. The number of piperidine rings is 2. The van der Waals surface area contributed by atoms with Crippen LogP contribution in [-0.2, 0) is 4.79 Å². The molecule has 3 aliphatic rings. The van der Waals surface area contributed by atoms with E-state index in [9.17, 15) is 4.79 Å². The van der Waals surface area contributed by atoms with Crippen LogP contribution < -0.4 is 0 Å². The fourth-order valence-corrected chi connectivity index (χ4v) is 4.80. The van der Waals surface area contributed by atoms with Crippen LogP contribution in [0.4, 0.5) is 0 Å². The topological polar surface area (TPSA) is 30.0 Å². The molecule has 1 atom stereocenters. The highest BCUT2D eigenvalue weighted by Crippen LogP contribution is 2.23. The zero-order valence-electron chi connectivity index (χ0n) is 17.3. The van der Waals surface area contributed by atoms with Gasteiger partial charge < -0.3 is 9.80 Å². The molecular weight excluding hydrogens is 324 g/mol. The number of carbonyl (C=O) groups excluding carboxylic acids is 1. The number of nitrogens with zero attached hydrogens (tertiary/aromatic N) is 4. The summed E-state index contributed by atoms with van der Waals surface area (Å²) in [6.07, 6.45) is 6.40. The van der Waals surface area contributed by atoms with Crippen LogP contribution in [0.15, 0.2) is 0 Å². The molecule has 5 heteroatoms. The van der Waals surface area contributed by atoms with E-state index < -0.39 is 0 Å². The summed E-state index contributed by atoms with van der Waals surface area (Å²) < 4.78 is 0. The van der Waals surface area contributed by atoms with Crippen molar-refractivity contribution in [1.82, 2.24) is 19.6 Å². The molecule has 1 amide bonds. The predicted molar refractivity (Wildman–Crippen MR) is 107 cm³/mol. The van der Waals surface area contributed by atoms with Crippen molar-refractivity contribution in [1.29, 1.82) is 0 Å². The molecule has 3 heterocycles. The molecule has 0 aliphatic carbocycles. The lowest BCUT2D eigenvalue weighted by Crippen LogP contribution is -2.54. The maximum absolute atomic E-state index is 12.7. The van der Waals surface area contributed by atoms with Crippen molar-refractivity contribution < 1.29 is 4.79 Å². The van der Waals surface area contributed by atoms with E-state index in [1.165, 1.54) is 45.2 Å². The first-order valence-electron chi connectivity index (χ1n) is 11.0. The molecule has 0 spiro atoms. The number of hydrogen-bond donors (Lipinski definition) is 0. The average molecular weight is 365 g/mol. The number of carbonyl (C=O) groups is 1. The van der Waals surface area contributed by atoms with Gasteiger partial charge >= 0.3 is 0 Å². The van der Waals surface area contributed by atoms with Crippen molar-refractivity contribution in [2.24, 2.45) is 5.92 Å². The van der Waals surface area contributed by atoms with Gasteiger partial charge in [-0.05, 0) is 58.0 Å². The minimum Gasteiger partial charge on any atom is -0.339 e. The summed E-state index contributed by atoms with van der Waals surface area (Å²) in [5, 5.41) is 0. The van der Waals surface area contributed by atoms with E-state index in [-0.39, 0.29) is 0 Å². The molecular formula is C21H40N4O. The first-order valence-corrected chi connectivity index (χ1v) is 11.0. The molecule has 3 saturated heterocycles. The van der Waals surface area contributed by atoms with Gasteiger partial charge in [-0.1, -0.05) is 13.8 Å². The third kappa shape index (κ3) is 5.20. The molecule has 0 bridgehead atoms. The highest BCUT2D eigenvalue weighted by atomic mass is 16.2. The zero-order valence-corrected chi connectivity index (χ0v) is 17.3. The van der Waals surface area contributed by atoms with Crippen LogP contribution in [0.1, 0.15) is 52.9 Å². The van der Waals surface area contributed by atoms with Crippen molar-refractivity contribution in [3.63, 3.8) is 0 Å². The van der Waals surface area contributed by atoms with Crippen molar-refractivity contribution in [2.45, 2.75) is 65.0 Å². The smallest absolute Gasteiger partial charge is 0.236 e. The Morgan fingerprint density at radius 3 is 2.12 bits per heavy atom. The Morgan fingerprint density at radius 1 is 0.923 bits per heavy atom. The highest BCUT2D eigenvalue weighted by molar-refractivity contribution is 5.78. The summed E-state index contributed by atoms with van der Waals surface area (Å²) in [4.78, 5) is 22.4. The summed E-state index contributed by atoms with van der Waals surface area (Å²) in [6.45, 7) is 16.2. The molecule has 0 aromatic rings. The van der Waals surface area contributed by atoms with Gasteiger partial charge in [0.1, 0.15) is 0 Å². The molecule has 26 heavy (non-hydrogen) atoms. The van der Waals surface area contributed by atoms with E-state index in [0.717, 1.165) is 51.2 Å². The van der Waals surface area contributed by atoms with E-state index in [4.69, 9.17) is 0 Å². The highest BCUT2D eigenvalue weighted by Gasteiger charge is 2.29. The second kappa shape index (κ2) is 9.52. The van der Waals surface area contributed by atoms with Crippen LogP contribution >= 0.6 is 0 Å². The molecule has 3 aliphatic heterocycles. The minimum atomic E-state index is 0.346. The molecule has 1 unspecified atom stereocenters. The van der Waals surface area contributed by atoms with Gasteiger partial charge in [0.25, 0.3) is 0 Å². The number of hydrogen-bond acceptors (Lipinski definition) is 4. The normalized spacial score (nSPS) is 27.0. The third-order valence-corrected chi connectivity index (χ3v) is 7.13. The first kappa shape index (κ1) is 20.1. The number of amides is 1. The van der Waals surface area contributed by atoms with Gasteiger partial charge in [0.15, 0.2) is 0 Å². The second-order valence-electron chi connectivity index (χ2n) is 8.90. The van der Waals surface area contributed by atoms with Gasteiger partial charge in [0.2, 0.25) is 5.91 Å². The van der Waals surface area contributed by atoms with Crippen LogP contribution in [0, 0.1) is 5.92 Å². The van der Waals surface area contributed by atoms with Gasteiger partial charge in [-0.25, -0.2) is 0 Å². The van der Waals surface area contributed by atoms with Crippen molar-refractivity contribution in [3.8, 4) is 0 Å². The summed E-state index contributed by atoms with van der Waals surface area (Å²) in [6, 6.07) is 1.40. The van der Waals surface area contributed by atoms with Crippen LogP contribution in [0.3, 0.4) is 0 Å². The van der Waals surface area contributed by atoms with Crippen LogP contribution in [0.2, 0.25) is 0 Å². The lowest BCUT2D eigenvalue weighted by molar-refractivity contribution is -0.134. The van der Waals surface area contributed by atoms with Crippen molar-refractivity contribution in [2.75, 3.05) is 58.9 Å². The van der Waals surface area contributed by atoms with Gasteiger partial charge in [-0.15, -0.1) is 0 Å². The SMILES string of the molecule is CCC(C)N1CCN(C(=O)CN2CCC(N3CCC(C)CC3)CC2)CC1. The van der Waals surface area contributed by atoms with Crippen LogP contribution in [-0.4, -0.2) is 96.5 Å². The average Bonchev–Trinajstić information content (AvgIpc) is 2.69. The maximum atomic E-state index is 12.7. The molecule has 0 radical (unpaired) electrons. The third-order valence-electron chi connectivity index (χ3n) is 7.13. The predicted octanol–water partition coefficient (Wildman–Crippen LogP) is 2.13. The Kier molecular flexibility index (Phi) is 7.35. The van der Waals surface area contributed by atoms with E-state index in [2.05, 4.69) is 40.4 Å². The van der Waals surface area contributed by atoms with Crippen LogP contribution in [0.5, 0.6) is 0 Å². The van der Waals surface area contributed by atoms with Crippen LogP contribution in [0.25, 0.3) is 0 Å². The van der Waals surface area contributed by atoms with Gasteiger partial charge in [-0.2, -0.15) is 0 Å². The lowest BCUT2D eigenvalue weighted by atomic mass is 9.95. The second-order valence-corrected chi connectivity index (χ2v) is 8.90. The molecule has 3 fully saturated rings. The van der Waals surface area contributed by atoms with Crippen molar-refractivity contribution in [3.05, 3.63) is 0 Å². The summed E-state index contributed by atoms with van der Waals surface area (Å²) >= 11 is 0.